The van der Waals surface area contributed by atoms with Crippen LogP contribution in [0, 0.1) is 0 Å². The second-order valence-corrected chi connectivity index (χ2v) is 3.16. The van der Waals surface area contributed by atoms with Crippen LogP contribution < -0.4 is 0 Å². The molecule has 0 bridgehead atoms. The maximum atomic E-state index is 10.2. The van der Waals surface area contributed by atoms with Gasteiger partial charge in [0.05, 0.1) is 12.2 Å². The number of carbonyl (C=O) groups is 1. The van der Waals surface area contributed by atoms with E-state index in [0.29, 0.717) is 0 Å². The minimum atomic E-state index is -0.870. The van der Waals surface area contributed by atoms with Gasteiger partial charge in [-0.05, 0) is 21.0 Å². The zero-order valence-electron chi connectivity index (χ0n) is 7.77. The van der Waals surface area contributed by atoms with Crippen LogP contribution >= 0.6 is 0 Å². The normalized spacial score (nSPS) is 18.8. The first-order valence-electron chi connectivity index (χ1n) is 3.97. The Kier molecular flexibility index (Phi) is 5.04. The summed E-state index contributed by atoms with van der Waals surface area (Å²) in [6, 6.07) is -0.303. The van der Waals surface area contributed by atoms with Crippen molar-refractivity contribution in [3.05, 3.63) is 0 Å². The molecule has 0 spiro atoms. The minimum absolute atomic E-state index is 0.235. The van der Waals surface area contributed by atoms with Gasteiger partial charge in [-0.25, -0.2) is 0 Å². The maximum absolute atomic E-state index is 10.2. The van der Waals surface area contributed by atoms with Crippen molar-refractivity contribution in [3.8, 4) is 0 Å². The first kappa shape index (κ1) is 11.6. The fourth-order valence-electron chi connectivity index (χ4n) is 1.08. The van der Waals surface area contributed by atoms with Crippen LogP contribution in [0.25, 0.3) is 0 Å². The van der Waals surface area contributed by atoms with E-state index in [9.17, 15) is 9.90 Å². The van der Waals surface area contributed by atoms with Crippen molar-refractivity contribution < 1.29 is 15.0 Å². The molecule has 2 N–H and O–H groups in total. The van der Waals surface area contributed by atoms with Crippen molar-refractivity contribution in [3.63, 3.8) is 0 Å². The number of hydrogen-bond donors (Lipinski definition) is 2. The van der Waals surface area contributed by atoms with E-state index in [1.165, 1.54) is 6.92 Å². The van der Waals surface area contributed by atoms with Crippen LogP contribution in [-0.2, 0) is 4.79 Å². The standard InChI is InChI=1S/C8H17NO3/c1-6(11)8(12)7(4-5-10)9(2)3/h5-8,11-12H,4H2,1-3H3/t6-,7-,8+/m0/s1. The molecule has 12 heavy (non-hydrogen) atoms. The Morgan fingerprint density at radius 3 is 2.17 bits per heavy atom. The van der Waals surface area contributed by atoms with Crippen molar-refractivity contribution in [1.29, 1.82) is 0 Å². The lowest BCUT2D eigenvalue weighted by atomic mass is 10.0. The van der Waals surface area contributed by atoms with E-state index >= 15 is 0 Å². The third-order valence-electron chi connectivity index (χ3n) is 1.89. The molecule has 0 radical (unpaired) electrons. The van der Waals surface area contributed by atoms with Gasteiger partial charge in [0.2, 0.25) is 0 Å². The van der Waals surface area contributed by atoms with E-state index in [-0.39, 0.29) is 12.5 Å². The molecule has 0 aromatic heterocycles. The molecule has 4 nitrogen and oxygen atoms in total. The smallest absolute Gasteiger partial charge is 0.121 e. The monoisotopic (exact) mass is 175 g/mol. The molecule has 0 aromatic rings. The molecule has 0 saturated carbocycles. The molecule has 0 unspecified atom stereocenters. The molecule has 0 aliphatic heterocycles. The van der Waals surface area contributed by atoms with Gasteiger partial charge in [-0.3, -0.25) is 0 Å². The number of aldehydes is 1. The fourth-order valence-corrected chi connectivity index (χ4v) is 1.08. The highest BCUT2D eigenvalue weighted by atomic mass is 16.3. The summed E-state index contributed by atoms with van der Waals surface area (Å²) in [5.41, 5.74) is 0. The fraction of sp³-hybridized carbons (Fsp3) is 0.875. The minimum Gasteiger partial charge on any atom is -0.391 e. The van der Waals surface area contributed by atoms with Crippen molar-refractivity contribution in [1.82, 2.24) is 4.90 Å². The summed E-state index contributed by atoms with van der Waals surface area (Å²) in [5, 5.41) is 18.5. The molecular weight excluding hydrogens is 158 g/mol. The molecule has 0 aliphatic rings. The van der Waals surface area contributed by atoms with Gasteiger partial charge in [0, 0.05) is 12.5 Å². The average molecular weight is 175 g/mol. The highest BCUT2D eigenvalue weighted by molar-refractivity contribution is 5.50. The summed E-state index contributed by atoms with van der Waals surface area (Å²) in [4.78, 5) is 12.0. The Bertz CT molecular complexity index is 136. The molecule has 0 heterocycles. The van der Waals surface area contributed by atoms with E-state index in [4.69, 9.17) is 5.11 Å². The van der Waals surface area contributed by atoms with E-state index in [1.807, 2.05) is 0 Å². The van der Waals surface area contributed by atoms with Gasteiger partial charge in [-0.1, -0.05) is 0 Å². The Balaban J connectivity index is 4.18. The highest BCUT2D eigenvalue weighted by Gasteiger charge is 2.24. The zero-order chi connectivity index (χ0) is 9.72. The average Bonchev–Trinajstić information content (AvgIpc) is 1.98. The molecule has 0 aromatic carbocycles. The molecule has 0 aliphatic carbocycles. The second-order valence-electron chi connectivity index (χ2n) is 3.16. The van der Waals surface area contributed by atoms with Gasteiger partial charge < -0.3 is 19.9 Å². The molecule has 0 saturated heterocycles. The summed E-state index contributed by atoms with van der Waals surface area (Å²) in [7, 11) is 3.53. The van der Waals surface area contributed by atoms with Crippen LogP contribution in [0.1, 0.15) is 13.3 Å². The molecule has 4 heteroatoms. The lowest BCUT2D eigenvalue weighted by Crippen LogP contribution is -2.44. The lowest BCUT2D eigenvalue weighted by Gasteiger charge is -2.28. The van der Waals surface area contributed by atoms with E-state index in [0.717, 1.165) is 6.29 Å². The number of rotatable bonds is 5. The summed E-state index contributed by atoms with van der Waals surface area (Å²) < 4.78 is 0. The van der Waals surface area contributed by atoms with Crippen LogP contribution in [0.5, 0.6) is 0 Å². The lowest BCUT2D eigenvalue weighted by molar-refractivity contribution is -0.110. The van der Waals surface area contributed by atoms with Crippen LogP contribution in [0.4, 0.5) is 0 Å². The van der Waals surface area contributed by atoms with Gasteiger partial charge >= 0.3 is 0 Å². The number of likely N-dealkylation sites (N-methyl/N-ethyl adjacent to an activating group) is 1. The second kappa shape index (κ2) is 5.24. The predicted octanol–water partition coefficient (Wildman–Crippen LogP) is -0.753. The van der Waals surface area contributed by atoms with Crippen LogP contribution in [0.3, 0.4) is 0 Å². The number of aliphatic hydroxyl groups excluding tert-OH is 2. The van der Waals surface area contributed by atoms with Gasteiger partial charge in [-0.15, -0.1) is 0 Å². The van der Waals surface area contributed by atoms with E-state index in [1.54, 1.807) is 19.0 Å². The van der Waals surface area contributed by atoms with Crippen molar-refractivity contribution >= 4 is 6.29 Å². The topological polar surface area (TPSA) is 60.8 Å². The molecule has 3 atom stereocenters. The SMILES string of the molecule is C[C@H](O)[C@@H](O)[C@H](CC=O)N(C)C. The summed E-state index contributed by atoms with van der Waals surface area (Å²) in [5.74, 6) is 0. The maximum Gasteiger partial charge on any atom is 0.121 e. The van der Waals surface area contributed by atoms with Crippen LogP contribution in [0.15, 0.2) is 0 Å². The van der Waals surface area contributed by atoms with Crippen LogP contribution in [0.2, 0.25) is 0 Å². The Morgan fingerprint density at radius 1 is 1.42 bits per heavy atom. The summed E-state index contributed by atoms with van der Waals surface area (Å²) in [6.07, 6.45) is -0.697. The number of hydrogen-bond acceptors (Lipinski definition) is 4. The van der Waals surface area contributed by atoms with Crippen LogP contribution in [-0.4, -0.2) is 53.7 Å². The number of nitrogens with zero attached hydrogens (tertiary/aromatic N) is 1. The molecule has 0 rings (SSSR count). The van der Waals surface area contributed by atoms with E-state index in [2.05, 4.69) is 0 Å². The Labute approximate surface area is 72.8 Å². The zero-order valence-corrected chi connectivity index (χ0v) is 7.77. The molecule has 0 amide bonds. The van der Waals surface area contributed by atoms with Crippen molar-refractivity contribution in [2.45, 2.75) is 31.6 Å². The van der Waals surface area contributed by atoms with Gasteiger partial charge in [0.25, 0.3) is 0 Å². The first-order valence-corrected chi connectivity index (χ1v) is 3.97. The van der Waals surface area contributed by atoms with Gasteiger partial charge in [0.1, 0.15) is 6.29 Å². The Hall–Kier alpha value is -0.450. The molecule has 72 valence electrons. The molecule has 0 fully saturated rings. The third-order valence-corrected chi connectivity index (χ3v) is 1.89. The number of aliphatic hydroxyl groups is 2. The summed E-state index contributed by atoms with van der Waals surface area (Å²) >= 11 is 0. The van der Waals surface area contributed by atoms with Gasteiger partial charge in [0.15, 0.2) is 0 Å². The van der Waals surface area contributed by atoms with Gasteiger partial charge in [-0.2, -0.15) is 0 Å². The van der Waals surface area contributed by atoms with Crippen molar-refractivity contribution in [2.24, 2.45) is 0 Å². The summed E-state index contributed by atoms with van der Waals surface area (Å²) in [6.45, 7) is 1.51. The predicted molar refractivity (Wildman–Crippen MR) is 45.8 cm³/mol. The highest BCUT2D eigenvalue weighted by Crippen LogP contribution is 2.07. The first-order chi connectivity index (χ1) is 5.50. The quantitative estimate of drug-likeness (QED) is 0.540. The molecular formula is C8H17NO3. The third kappa shape index (κ3) is 3.30. The number of carbonyl (C=O) groups excluding carboxylic acids is 1. The van der Waals surface area contributed by atoms with Crippen molar-refractivity contribution in [2.75, 3.05) is 14.1 Å². The largest absolute Gasteiger partial charge is 0.391 e. The van der Waals surface area contributed by atoms with E-state index < -0.39 is 12.2 Å². The Morgan fingerprint density at radius 2 is 1.92 bits per heavy atom.